The first kappa shape index (κ1) is 12.8. The van der Waals surface area contributed by atoms with E-state index in [0.29, 0.717) is 0 Å². The summed E-state index contributed by atoms with van der Waals surface area (Å²) in [5, 5.41) is 4.33. The SMILES string of the molecule is Cn1ccnc1C(NCC1CCCS1)c1ccco1. The van der Waals surface area contributed by atoms with E-state index in [4.69, 9.17) is 4.42 Å². The zero-order valence-corrected chi connectivity index (χ0v) is 11.9. The Morgan fingerprint density at radius 1 is 1.63 bits per heavy atom. The van der Waals surface area contributed by atoms with Crippen molar-refractivity contribution in [3.8, 4) is 0 Å². The molecule has 4 nitrogen and oxygen atoms in total. The Hall–Kier alpha value is -1.20. The van der Waals surface area contributed by atoms with Gasteiger partial charge in [0.1, 0.15) is 17.6 Å². The van der Waals surface area contributed by atoms with Gasteiger partial charge in [-0.15, -0.1) is 0 Å². The standard InChI is InChI=1S/C14H19N3OS/c1-17-7-6-15-14(17)13(12-5-2-8-18-12)16-10-11-4-3-9-19-11/h2,5-8,11,13,16H,3-4,9-10H2,1H3. The van der Waals surface area contributed by atoms with E-state index in [0.717, 1.165) is 23.4 Å². The van der Waals surface area contributed by atoms with Gasteiger partial charge in [0.05, 0.1) is 6.26 Å². The second-order valence-corrected chi connectivity index (χ2v) is 6.30. The number of aryl methyl sites for hydroxylation is 1. The van der Waals surface area contributed by atoms with Crippen LogP contribution in [0, 0.1) is 0 Å². The molecule has 1 aliphatic heterocycles. The highest BCUT2D eigenvalue weighted by Gasteiger charge is 2.23. The summed E-state index contributed by atoms with van der Waals surface area (Å²) in [5.41, 5.74) is 0. The van der Waals surface area contributed by atoms with Gasteiger partial charge in [-0.25, -0.2) is 4.98 Å². The zero-order valence-electron chi connectivity index (χ0n) is 11.1. The molecular formula is C14H19N3OS. The Bertz CT molecular complexity index is 503. The van der Waals surface area contributed by atoms with E-state index in [-0.39, 0.29) is 6.04 Å². The Labute approximate surface area is 117 Å². The van der Waals surface area contributed by atoms with Crippen LogP contribution in [0.1, 0.15) is 30.5 Å². The minimum Gasteiger partial charge on any atom is -0.467 e. The van der Waals surface area contributed by atoms with Crippen LogP contribution in [0.5, 0.6) is 0 Å². The third-order valence-corrected chi connectivity index (χ3v) is 4.92. The molecule has 1 saturated heterocycles. The van der Waals surface area contributed by atoms with Crippen LogP contribution in [-0.4, -0.2) is 27.1 Å². The van der Waals surface area contributed by atoms with Crippen molar-refractivity contribution in [1.29, 1.82) is 0 Å². The van der Waals surface area contributed by atoms with Crippen LogP contribution in [0.2, 0.25) is 0 Å². The molecule has 5 heteroatoms. The Kier molecular flexibility index (Phi) is 3.94. The largest absolute Gasteiger partial charge is 0.467 e. The van der Waals surface area contributed by atoms with E-state index in [1.54, 1.807) is 6.26 Å². The van der Waals surface area contributed by atoms with Crippen LogP contribution in [0.15, 0.2) is 35.2 Å². The normalized spacial score (nSPS) is 20.8. The molecule has 3 rings (SSSR count). The molecule has 2 unspecified atom stereocenters. The van der Waals surface area contributed by atoms with Crippen molar-refractivity contribution in [3.63, 3.8) is 0 Å². The monoisotopic (exact) mass is 277 g/mol. The molecule has 0 saturated carbocycles. The Morgan fingerprint density at radius 2 is 2.58 bits per heavy atom. The fraction of sp³-hybridized carbons (Fsp3) is 0.500. The molecule has 2 aromatic rings. The molecule has 1 N–H and O–H groups in total. The molecule has 3 heterocycles. The highest BCUT2D eigenvalue weighted by Crippen LogP contribution is 2.27. The molecule has 0 radical (unpaired) electrons. The maximum absolute atomic E-state index is 5.57. The number of aromatic nitrogens is 2. The summed E-state index contributed by atoms with van der Waals surface area (Å²) in [6.07, 6.45) is 8.17. The summed E-state index contributed by atoms with van der Waals surface area (Å²) >= 11 is 2.06. The second kappa shape index (κ2) is 5.84. The van der Waals surface area contributed by atoms with Gasteiger partial charge in [0.15, 0.2) is 0 Å². The maximum atomic E-state index is 5.57. The van der Waals surface area contributed by atoms with Crippen LogP contribution in [0.4, 0.5) is 0 Å². The van der Waals surface area contributed by atoms with Crippen LogP contribution in [0.3, 0.4) is 0 Å². The number of nitrogens with one attached hydrogen (secondary N) is 1. The molecule has 19 heavy (non-hydrogen) atoms. The lowest BCUT2D eigenvalue weighted by Crippen LogP contribution is -2.30. The summed E-state index contributed by atoms with van der Waals surface area (Å²) in [5.74, 6) is 3.22. The predicted octanol–water partition coefficient (Wildman–Crippen LogP) is 2.59. The first-order chi connectivity index (χ1) is 9.34. The summed E-state index contributed by atoms with van der Waals surface area (Å²) in [4.78, 5) is 4.45. The van der Waals surface area contributed by atoms with Crippen molar-refractivity contribution in [3.05, 3.63) is 42.4 Å². The van der Waals surface area contributed by atoms with Gasteiger partial charge in [-0.1, -0.05) is 0 Å². The summed E-state index contributed by atoms with van der Waals surface area (Å²) in [6, 6.07) is 3.97. The topological polar surface area (TPSA) is 43.0 Å². The van der Waals surface area contributed by atoms with Gasteiger partial charge in [0, 0.05) is 31.2 Å². The Morgan fingerprint density at radius 3 is 3.21 bits per heavy atom. The van der Waals surface area contributed by atoms with Crippen LogP contribution < -0.4 is 5.32 Å². The van der Waals surface area contributed by atoms with E-state index in [9.17, 15) is 0 Å². The quantitative estimate of drug-likeness (QED) is 0.912. The minimum atomic E-state index is 0.0381. The number of furan rings is 1. The van der Waals surface area contributed by atoms with Crippen molar-refractivity contribution >= 4 is 11.8 Å². The first-order valence-electron chi connectivity index (χ1n) is 6.70. The van der Waals surface area contributed by atoms with Gasteiger partial charge in [-0.2, -0.15) is 11.8 Å². The highest BCUT2D eigenvalue weighted by molar-refractivity contribution is 8.00. The lowest BCUT2D eigenvalue weighted by atomic mass is 10.2. The van der Waals surface area contributed by atoms with Gasteiger partial charge in [0.25, 0.3) is 0 Å². The number of nitrogens with zero attached hydrogens (tertiary/aromatic N) is 2. The van der Waals surface area contributed by atoms with Crippen LogP contribution >= 0.6 is 11.8 Å². The molecule has 0 aliphatic carbocycles. The van der Waals surface area contributed by atoms with Crippen molar-refractivity contribution in [2.24, 2.45) is 7.05 Å². The molecule has 0 amide bonds. The van der Waals surface area contributed by atoms with E-state index in [2.05, 4.69) is 22.1 Å². The minimum absolute atomic E-state index is 0.0381. The number of rotatable bonds is 5. The number of imidazole rings is 1. The average Bonchev–Trinajstić information content (AvgIpc) is 3.13. The number of hydrogen-bond donors (Lipinski definition) is 1. The average molecular weight is 277 g/mol. The second-order valence-electron chi connectivity index (χ2n) is 4.89. The van der Waals surface area contributed by atoms with Gasteiger partial charge >= 0.3 is 0 Å². The molecule has 0 aromatic carbocycles. The lowest BCUT2D eigenvalue weighted by molar-refractivity contribution is 0.429. The highest BCUT2D eigenvalue weighted by atomic mass is 32.2. The summed E-state index contributed by atoms with van der Waals surface area (Å²) < 4.78 is 7.61. The third kappa shape index (κ3) is 2.87. The van der Waals surface area contributed by atoms with Crippen LogP contribution in [-0.2, 0) is 7.05 Å². The number of hydrogen-bond acceptors (Lipinski definition) is 4. The van der Waals surface area contributed by atoms with E-state index in [1.165, 1.54) is 18.6 Å². The van der Waals surface area contributed by atoms with Crippen molar-refractivity contribution in [2.75, 3.05) is 12.3 Å². The lowest BCUT2D eigenvalue weighted by Gasteiger charge is -2.18. The maximum Gasteiger partial charge on any atom is 0.133 e. The Balaban J connectivity index is 1.75. The number of thioether (sulfide) groups is 1. The fourth-order valence-corrected chi connectivity index (χ4v) is 3.70. The fourth-order valence-electron chi connectivity index (χ4n) is 2.48. The molecule has 1 aliphatic rings. The predicted molar refractivity (Wildman–Crippen MR) is 77.2 cm³/mol. The van der Waals surface area contributed by atoms with Gasteiger partial charge < -0.3 is 8.98 Å². The van der Waals surface area contributed by atoms with Crippen molar-refractivity contribution in [1.82, 2.24) is 14.9 Å². The van der Waals surface area contributed by atoms with Gasteiger partial charge in [-0.05, 0) is 30.7 Å². The van der Waals surface area contributed by atoms with E-state index >= 15 is 0 Å². The van der Waals surface area contributed by atoms with Crippen molar-refractivity contribution in [2.45, 2.75) is 24.1 Å². The molecule has 2 aromatic heterocycles. The zero-order chi connectivity index (χ0) is 13.1. The third-order valence-electron chi connectivity index (χ3n) is 3.52. The van der Waals surface area contributed by atoms with E-state index in [1.807, 2.05) is 36.1 Å². The molecule has 1 fully saturated rings. The molecule has 0 spiro atoms. The molecule has 102 valence electrons. The smallest absolute Gasteiger partial charge is 0.133 e. The van der Waals surface area contributed by atoms with Gasteiger partial charge in [0.2, 0.25) is 0 Å². The molecular weight excluding hydrogens is 258 g/mol. The molecule has 2 atom stereocenters. The van der Waals surface area contributed by atoms with E-state index < -0.39 is 0 Å². The summed E-state index contributed by atoms with van der Waals surface area (Å²) in [7, 11) is 2.02. The van der Waals surface area contributed by atoms with Crippen LogP contribution in [0.25, 0.3) is 0 Å². The van der Waals surface area contributed by atoms with Crippen molar-refractivity contribution < 1.29 is 4.42 Å². The summed E-state index contributed by atoms with van der Waals surface area (Å²) in [6.45, 7) is 1.00. The molecule has 0 bridgehead atoms. The first-order valence-corrected chi connectivity index (χ1v) is 7.75. The van der Waals surface area contributed by atoms with Gasteiger partial charge in [-0.3, -0.25) is 5.32 Å².